The summed E-state index contributed by atoms with van der Waals surface area (Å²) in [6.45, 7) is 5.80. The van der Waals surface area contributed by atoms with Crippen molar-refractivity contribution >= 4 is 18.5 Å². The van der Waals surface area contributed by atoms with Crippen molar-refractivity contribution < 1.29 is 0 Å². The molecule has 24 heavy (non-hydrogen) atoms. The third-order valence-corrected chi connectivity index (χ3v) is 8.30. The second kappa shape index (κ2) is 8.79. The Morgan fingerprint density at radius 3 is 2.08 bits per heavy atom. The summed E-state index contributed by atoms with van der Waals surface area (Å²) in [6.07, 6.45) is 5.35. The molecule has 0 bridgehead atoms. The number of hydrogen-bond donors (Lipinski definition) is 1. The molecule has 2 aromatic rings. The SMILES string of the molecule is CCCNC(C)C1CCCC1P(c1ccccc1)c1ccccc1. The lowest BCUT2D eigenvalue weighted by atomic mass is 9.99. The second-order valence-corrected chi connectivity index (χ2v) is 9.38. The molecule has 1 saturated carbocycles. The fraction of sp³-hybridized carbons (Fsp3) is 0.455. The smallest absolute Gasteiger partial charge is 0.00732 e. The molecule has 0 heterocycles. The average Bonchev–Trinajstić information content (AvgIpc) is 3.11. The van der Waals surface area contributed by atoms with E-state index < -0.39 is 0 Å². The monoisotopic (exact) mass is 339 g/mol. The largest absolute Gasteiger partial charge is 0.314 e. The van der Waals surface area contributed by atoms with Gasteiger partial charge in [0.25, 0.3) is 0 Å². The van der Waals surface area contributed by atoms with Crippen LogP contribution in [0.5, 0.6) is 0 Å². The van der Waals surface area contributed by atoms with E-state index in [4.69, 9.17) is 0 Å². The van der Waals surface area contributed by atoms with Gasteiger partial charge in [-0.15, -0.1) is 0 Å². The first-order valence-electron chi connectivity index (χ1n) is 9.44. The molecule has 0 spiro atoms. The summed E-state index contributed by atoms with van der Waals surface area (Å²) in [5, 5.41) is 6.85. The predicted octanol–water partition coefficient (Wildman–Crippen LogP) is 4.68. The van der Waals surface area contributed by atoms with Gasteiger partial charge in [-0.25, -0.2) is 0 Å². The van der Waals surface area contributed by atoms with Crippen LogP contribution in [-0.2, 0) is 0 Å². The van der Waals surface area contributed by atoms with E-state index in [1.54, 1.807) is 10.6 Å². The zero-order valence-corrected chi connectivity index (χ0v) is 15.9. The van der Waals surface area contributed by atoms with Gasteiger partial charge in [-0.1, -0.05) is 74.0 Å². The first-order chi connectivity index (χ1) is 11.8. The van der Waals surface area contributed by atoms with Crippen LogP contribution in [0.4, 0.5) is 0 Å². The van der Waals surface area contributed by atoms with Gasteiger partial charge in [0.1, 0.15) is 0 Å². The number of rotatable bonds is 7. The van der Waals surface area contributed by atoms with Gasteiger partial charge in [0, 0.05) is 6.04 Å². The molecule has 0 aromatic heterocycles. The maximum Gasteiger partial charge on any atom is 0.00732 e. The van der Waals surface area contributed by atoms with E-state index in [9.17, 15) is 0 Å². The van der Waals surface area contributed by atoms with Crippen LogP contribution in [0.25, 0.3) is 0 Å². The highest BCUT2D eigenvalue weighted by molar-refractivity contribution is 7.73. The summed E-state index contributed by atoms with van der Waals surface area (Å²) < 4.78 is 0. The molecule has 1 aliphatic rings. The lowest BCUT2D eigenvalue weighted by molar-refractivity contribution is 0.387. The normalized spacial score (nSPS) is 22.0. The van der Waals surface area contributed by atoms with E-state index in [2.05, 4.69) is 79.8 Å². The van der Waals surface area contributed by atoms with Crippen molar-refractivity contribution in [3.05, 3.63) is 60.7 Å². The molecular formula is C22H30NP. The van der Waals surface area contributed by atoms with Crippen LogP contribution in [0.2, 0.25) is 0 Å². The lowest BCUT2D eigenvalue weighted by Gasteiger charge is -2.33. The van der Waals surface area contributed by atoms with Gasteiger partial charge in [0.15, 0.2) is 0 Å². The van der Waals surface area contributed by atoms with Crippen molar-refractivity contribution in [1.29, 1.82) is 0 Å². The molecule has 1 fully saturated rings. The van der Waals surface area contributed by atoms with Gasteiger partial charge in [-0.05, 0) is 62.8 Å². The van der Waals surface area contributed by atoms with E-state index >= 15 is 0 Å². The molecule has 2 aromatic carbocycles. The maximum atomic E-state index is 3.77. The topological polar surface area (TPSA) is 12.0 Å². The third kappa shape index (κ3) is 4.08. The Morgan fingerprint density at radius 1 is 0.958 bits per heavy atom. The summed E-state index contributed by atoms with van der Waals surface area (Å²) in [5.41, 5.74) is 0.796. The van der Waals surface area contributed by atoms with Gasteiger partial charge < -0.3 is 5.32 Å². The Labute approximate surface area is 148 Å². The van der Waals surface area contributed by atoms with Gasteiger partial charge in [-0.2, -0.15) is 0 Å². The zero-order valence-electron chi connectivity index (χ0n) is 15.0. The van der Waals surface area contributed by atoms with E-state index in [1.807, 2.05) is 0 Å². The van der Waals surface area contributed by atoms with E-state index in [1.165, 1.54) is 25.7 Å². The van der Waals surface area contributed by atoms with Crippen LogP contribution in [0, 0.1) is 5.92 Å². The van der Waals surface area contributed by atoms with Crippen molar-refractivity contribution in [2.24, 2.45) is 5.92 Å². The fourth-order valence-corrected chi connectivity index (χ4v) is 7.39. The highest BCUT2D eigenvalue weighted by Gasteiger charge is 2.37. The molecule has 0 aliphatic heterocycles. The molecule has 3 atom stereocenters. The Kier molecular flexibility index (Phi) is 6.46. The fourth-order valence-electron chi connectivity index (χ4n) is 4.11. The molecule has 2 heteroatoms. The van der Waals surface area contributed by atoms with E-state index in [-0.39, 0.29) is 7.92 Å². The van der Waals surface area contributed by atoms with Gasteiger partial charge >= 0.3 is 0 Å². The van der Waals surface area contributed by atoms with E-state index in [0.717, 1.165) is 18.1 Å². The maximum absolute atomic E-state index is 3.77. The Morgan fingerprint density at radius 2 is 1.54 bits per heavy atom. The van der Waals surface area contributed by atoms with Crippen LogP contribution >= 0.6 is 7.92 Å². The zero-order chi connectivity index (χ0) is 16.8. The first kappa shape index (κ1) is 17.6. The van der Waals surface area contributed by atoms with Crippen molar-refractivity contribution in [3.8, 4) is 0 Å². The molecule has 0 saturated heterocycles. The van der Waals surface area contributed by atoms with Crippen molar-refractivity contribution in [1.82, 2.24) is 5.32 Å². The molecule has 128 valence electrons. The minimum absolute atomic E-state index is 0.279. The number of hydrogen-bond acceptors (Lipinski definition) is 1. The second-order valence-electron chi connectivity index (χ2n) is 6.95. The molecule has 1 nitrogen and oxygen atoms in total. The highest BCUT2D eigenvalue weighted by Crippen LogP contribution is 2.50. The number of benzene rings is 2. The summed E-state index contributed by atoms with van der Waals surface area (Å²) in [6, 6.07) is 23.1. The number of nitrogens with one attached hydrogen (secondary N) is 1. The standard InChI is InChI=1S/C22H30NP/c1-3-17-23-18(2)21-15-10-16-22(21)24(19-11-6-4-7-12-19)20-13-8-5-9-14-20/h4-9,11-14,18,21-23H,3,10,15-17H2,1-2H3. The molecule has 3 unspecified atom stereocenters. The first-order valence-corrected chi connectivity index (χ1v) is 10.8. The molecule has 0 amide bonds. The van der Waals surface area contributed by atoms with Crippen molar-refractivity contribution in [3.63, 3.8) is 0 Å². The van der Waals surface area contributed by atoms with Crippen molar-refractivity contribution in [2.45, 2.75) is 51.2 Å². The molecule has 1 aliphatic carbocycles. The summed E-state index contributed by atoms with van der Waals surface area (Å²) >= 11 is 0. The summed E-state index contributed by atoms with van der Waals surface area (Å²) in [7, 11) is -0.279. The minimum Gasteiger partial charge on any atom is -0.314 e. The Bertz CT molecular complexity index is 558. The summed E-state index contributed by atoms with van der Waals surface area (Å²) in [4.78, 5) is 0. The van der Waals surface area contributed by atoms with Gasteiger partial charge in [0.05, 0.1) is 0 Å². The van der Waals surface area contributed by atoms with Crippen molar-refractivity contribution in [2.75, 3.05) is 6.54 Å². The van der Waals surface area contributed by atoms with Gasteiger partial charge in [-0.3, -0.25) is 0 Å². The lowest BCUT2D eigenvalue weighted by Crippen LogP contribution is -2.39. The van der Waals surface area contributed by atoms with E-state index in [0.29, 0.717) is 6.04 Å². The Balaban J connectivity index is 1.90. The average molecular weight is 339 g/mol. The molecule has 0 radical (unpaired) electrons. The van der Waals surface area contributed by atoms with Gasteiger partial charge in [0.2, 0.25) is 0 Å². The van der Waals surface area contributed by atoms with Crippen LogP contribution < -0.4 is 15.9 Å². The van der Waals surface area contributed by atoms with Crippen LogP contribution in [0.3, 0.4) is 0 Å². The van der Waals surface area contributed by atoms with Crippen LogP contribution in [-0.4, -0.2) is 18.2 Å². The predicted molar refractivity (Wildman–Crippen MR) is 108 cm³/mol. The summed E-state index contributed by atoms with van der Waals surface area (Å²) in [5.74, 6) is 0.795. The molecule has 3 rings (SSSR count). The quantitative estimate of drug-likeness (QED) is 0.723. The molecule has 1 N–H and O–H groups in total. The minimum atomic E-state index is -0.279. The van der Waals surface area contributed by atoms with Crippen LogP contribution in [0.15, 0.2) is 60.7 Å². The van der Waals surface area contributed by atoms with Crippen LogP contribution in [0.1, 0.15) is 39.5 Å². The Hall–Kier alpha value is -1.17. The molecular weight excluding hydrogens is 309 g/mol. The highest BCUT2D eigenvalue weighted by atomic mass is 31.1. The third-order valence-electron chi connectivity index (χ3n) is 5.29.